The number of aromatic amines is 1. The number of aromatic nitrogens is 2. The summed E-state index contributed by atoms with van der Waals surface area (Å²) in [4.78, 5) is 19.7. The zero-order chi connectivity index (χ0) is 19.6. The molecular weight excluding hydrogens is 376 g/mol. The number of carbonyl (C=O) groups excluding carboxylic acids is 1. The molecule has 0 aliphatic carbocycles. The van der Waals surface area contributed by atoms with Gasteiger partial charge < -0.3 is 10.3 Å². The highest BCUT2D eigenvalue weighted by Crippen LogP contribution is 2.21. The summed E-state index contributed by atoms with van der Waals surface area (Å²) in [5.74, 6) is -0.0902. The molecule has 1 aromatic heterocycles. The minimum Gasteiger partial charge on any atom is -0.352 e. The molecule has 0 radical (unpaired) electrons. The molecule has 1 aliphatic rings. The fraction of sp³-hybridized carbons (Fsp3) is 0.300. The summed E-state index contributed by atoms with van der Waals surface area (Å²) in [5.41, 5.74) is 3.53. The first-order chi connectivity index (χ1) is 13.5. The average Bonchev–Trinajstić information content (AvgIpc) is 3.38. The number of nitrogens with zero attached hydrogens (tertiary/aromatic N) is 2. The minimum atomic E-state index is -3.40. The number of H-pyrrole nitrogens is 1. The summed E-state index contributed by atoms with van der Waals surface area (Å²) in [5, 5.41) is 2.88. The Morgan fingerprint density at radius 1 is 1.07 bits per heavy atom. The van der Waals surface area contributed by atoms with Crippen LogP contribution < -0.4 is 5.32 Å². The number of hydrogen-bond acceptors (Lipinski definition) is 4. The van der Waals surface area contributed by atoms with Crippen LogP contribution in [0.25, 0.3) is 11.0 Å². The van der Waals surface area contributed by atoms with Crippen molar-refractivity contribution in [3.8, 4) is 0 Å². The summed E-state index contributed by atoms with van der Waals surface area (Å²) in [7, 11) is -3.40. The SMILES string of the molecule is O=C(Cc1ccc2nc[nH]c2c1)NCc1ccc(S(=O)(=O)N2CCCC2)cc1. The lowest BCUT2D eigenvalue weighted by Crippen LogP contribution is -2.28. The van der Waals surface area contributed by atoms with Gasteiger partial charge in [0, 0.05) is 19.6 Å². The first-order valence-electron chi connectivity index (χ1n) is 9.30. The van der Waals surface area contributed by atoms with Gasteiger partial charge >= 0.3 is 0 Å². The highest BCUT2D eigenvalue weighted by molar-refractivity contribution is 7.89. The van der Waals surface area contributed by atoms with Crippen molar-refractivity contribution in [2.45, 2.75) is 30.7 Å². The lowest BCUT2D eigenvalue weighted by molar-refractivity contribution is -0.120. The van der Waals surface area contributed by atoms with Gasteiger partial charge in [-0.2, -0.15) is 4.31 Å². The molecule has 0 saturated carbocycles. The molecule has 28 heavy (non-hydrogen) atoms. The van der Waals surface area contributed by atoms with Crippen molar-refractivity contribution in [2.75, 3.05) is 13.1 Å². The fourth-order valence-corrected chi connectivity index (χ4v) is 4.92. The van der Waals surface area contributed by atoms with Crippen LogP contribution in [0.4, 0.5) is 0 Å². The topological polar surface area (TPSA) is 95.2 Å². The zero-order valence-corrected chi connectivity index (χ0v) is 16.2. The second kappa shape index (κ2) is 7.73. The van der Waals surface area contributed by atoms with Crippen LogP contribution in [0.15, 0.2) is 53.7 Å². The maximum absolute atomic E-state index is 12.5. The first-order valence-corrected chi connectivity index (χ1v) is 10.7. The van der Waals surface area contributed by atoms with Gasteiger partial charge in [0.15, 0.2) is 0 Å². The largest absolute Gasteiger partial charge is 0.352 e. The van der Waals surface area contributed by atoms with E-state index in [1.165, 1.54) is 4.31 Å². The van der Waals surface area contributed by atoms with Gasteiger partial charge in [0.1, 0.15) is 0 Å². The molecule has 2 aromatic carbocycles. The van der Waals surface area contributed by atoms with Crippen LogP contribution in [0.5, 0.6) is 0 Å². The molecule has 0 unspecified atom stereocenters. The van der Waals surface area contributed by atoms with Gasteiger partial charge in [0.2, 0.25) is 15.9 Å². The number of hydrogen-bond donors (Lipinski definition) is 2. The average molecular weight is 398 g/mol. The van der Waals surface area contributed by atoms with Gasteiger partial charge in [0.05, 0.1) is 28.7 Å². The van der Waals surface area contributed by atoms with Crippen LogP contribution in [-0.4, -0.2) is 41.7 Å². The Morgan fingerprint density at radius 3 is 2.54 bits per heavy atom. The Balaban J connectivity index is 1.34. The monoisotopic (exact) mass is 398 g/mol. The normalized spacial score (nSPS) is 15.1. The summed E-state index contributed by atoms with van der Waals surface area (Å²) < 4.78 is 26.6. The van der Waals surface area contributed by atoms with Gasteiger partial charge in [-0.15, -0.1) is 0 Å². The maximum Gasteiger partial charge on any atom is 0.243 e. The van der Waals surface area contributed by atoms with Crippen molar-refractivity contribution < 1.29 is 13.2 Å². The number of imidazole rings is 1. The quantitative estimate of drug-likeness (QED) is 0.665. The van der Waals surface area contributed by atoms with Crippen molar-refractivity contribution >= 4 is 27.0 Å². The predicted molar refractivity (Wildman–Crippen MR) is 106 cm³/mol. The molecule has 3 aromatic rings. The van der Waals surface area contributed by atoms with Crippen LogP contribution in [0.2, 0.25) is 0 Å². The summed E-state index contributed by atoms with van der Waals surface area (Å²) in [6.07, 6.45) is 3.73. The molecule has 2 N–H and O–H groups in total. The van der Waals surface area contributed by atoms with Crippen LogP contribution in [0.1, 0.15) is 24.0 Å². The smallest absolute Gasteiger partial charge is 0.243 e. The second-order valence-corrected chi connectivity index (χ2v) is 8.90. The number of sulfonamides is 1. The Bertz CT molecular complexity index is 1080. The van der Waals surface area contributed by atoms with Crippen LogP contribution in [0, 0.1) is 0 Å². The molecule has 1 saturated heterocycles. The number of fused-ring (bicyclic) bond motifs is 1. The van der Waals surface area contributed by atoms with Crippen molar-refractivity contribution in [1.29, 1.82) is 0 Å². The van der Waals surface area contributed by atoms with E-state index in [1.807, 2.05) is 18.2 Å². The summed E-state index contributed by atoms with van der Waals surface area (Å²) in [6.45, 7) is 1.53. The molecule has 0 spiro atoms. The number of nitrogens with one attached hydrogen (secondary N) is 2. The molecule has 7 nitrogen and oxygen atoms in total. The zero-order valence-electron chi connectivity index (χ0n) is 15.4. The van der Waals surface area contributed by atoms with E-state index in [0.29, 0.717) is 24.5 Å². The standard InChI is InChI=1S/C20H22N4O3S/c25-20(12-16-5-8-18-19(11-16)23-14-22-18)21-13-15-3-6-17(7-4-15)28(26,27)24-9-1-2-10-24/h3-8,11,14H,1-2,9-10,12-13H2,(H,21,25)(H,22,23). The number of amides is 1. The number of carbonyl (C=O) groups is 1. The van der Waals surface area contributed by atoms with Crippen molar-refractivity contribution in [2.24, 2.45) is 0 Å². The van der Waals surface area contributed by atoms with E-state index < -0.39 is 10.0 Å². The van der Waals surface area contributed by atoms with E-state index in [4.69, 9.17) is 0 Å². The third kappa shape index (κ3) is 3.93. The Kier molecular flexibility index (Phi) is 5.15. The third-order valence-corrected chi connectivity index (χ3v) is 6.88. The number of benzene rings is 2. The molecular formula is C20H22N4O3S. The van der Waals surface area contributed by atoms with Crippen LogP contribution >= 0.6 is 0 Å². The van der Waals surface area contributed by atoms with E-state index in [0.717, 1.165) is 35.0 Å². The van der Waals surface area contributed by atoms with Gasteiger partial charge in [-0.25, -0.2) is 13.4 Å². The molecule has 1 amide bonds. The summed E-state index contributed by atoms with van der Waals surface area (Å²) >= 11 is 0. The Hall–Kier alpha value is -2.71. The van der Waals surface area contributed by atoms with Crippen LogP contribution in [-0.2, 0) is 27.8 Å². The van der Waals surface area contributed by atoms with Gasteiger partial charge in [-0.1, -0.05) is 18.2 Å². The van der Waals surface area contributed by atoms with Gasteiger partial charge in [0.25, 0.3) is 0 Å². The highest BCUT2D eigenvalue weighted by Gasteiger charge is 2.26. The van der Waals surface area contributed by atoms with Crippen molar-refractivity contribution in [3.05, 3.63) is 59.9 Å². The second-order valence-electron chi connectivity index (χ2n) is 6.96. The molecule has 2 heterocycles. The molecule has 4 rings (SSSR count). The maximum atomic E-state index is 12.5. The third-order valence-electron chi connectivity index (χ3n) is 4.97. The summed E-state index contributed by atoms with van der Waals surface area (Å²) in [6, 6.07) is 12.4. The highest BCUT2D eigenvalue weighted by atomic mass is 32.2. The lowest BCUT2D eigenvalue weighted by atomic mass is 10.1. The number of rotatable bonds is 6. The molecule has 1 fully saturated rings. The molecule has 0 bridgehead atoms. The van der Waals surface area contributed by atoms with Gasteiger partial charge in [-0.05, 0) is 48.2 Å². The van der Waals surface area contributed by atoms with Crippen molar-refractivity contribution in [3.63, 3.8) is 0 Å². The Labute approximate surface area is 163 Å². The molecule has 1 aliphatic heterocycles. The first kappa shape index (κ1) is 18.6. The van der Waals surface area contributed by atoms with Gasteiger partial charge in [-0.3, -0.25) is 4.79 Å². The van der Waals surface area contributed by atoms with E-state index in [9.17, 15) is 13.2 Å². The predicted octanol–water partition coefficient (Wildman–Crippen LogP) is 2.21. The van der Waals surface area contributed by atoms with E-state index in [2.05, 4.69) is 15.3 Å². The molecule has 8 heteroatoms. The molecule has 0 atom stereocenters. The van der Waals surface area contributed by atoms with Crippen LogP contribution in [0.3, 0.4) is 0 Å². The fourth-order valence-electron chi connectivity index (χ4n) is 3.40. The van der Waals surface area contributed by atoms with Crippen molar-refractivity contribution in [1.82, 2.24) is 19.6 Å². The molecule has 146 valence electrons. The van der Waals surface area contributed by atoms with E-state index in [1.54, 1.807) is 30.6 Å². The minimum absolute atomic E-state index is 0.0902. The van der Waals surface area contributed by atoms with E-state index in [-0.39, 0.29) is 12.3 Å². The van der Waals surface area contributed by atoms with E-state index >= 15 is 0 Å². The Morgan fingerprint density at radius 2 is 1.79 bits per heavy atom. The lowest BCUT2D eigenvalue weighted by Gasteiger charge is -2.15.